The van der Waals surface area contributed by atoms with Crippen LogP contribution in [0.2, 0.25) is 0 Å². The van der Waals surface area contributed by atoms with Crippen molar-refractivity contribution in [3.8, 4) is 16.9 Å². The number of rotatable bonds is 3. The summed E-state index contributed by atoms with van der Waals surface area (Å²) in [5.41, 5.74) is 8.81. The van der Waals surface area contributed by atoms with Crippen molar-refractivity contribution >= 4 is 0 Å². The number of hydrogen-bond acceptors (Lipinski definition) is 2. The Kier molecular flexibility index (Phi) is 3.63. The van der Waals surface area contributed by atoms with Gasteiger partial charge in [0.1, 0.15) is 0 Å². The van der Waals surface area contributed by atoms with Crippen molar-refractivity contribution in [2.75, 3.05) is 7.11 Å². The third-order valence-corrected chi connectivity index (χ3v) is 2.92. The Hall–Kier alpha value is -1.87. The van der Waals surface area contributed by atoms with Crippen LogP contribution in [0.5, 0.6) is 5.75 Å². The molecule has 0 spiro atoms. The van der Waals surface area contributed by atoms with Crippen molar-refractivity contribution in [2.45, 2.75) is 13.0 Å². The molecule has 1 unspecified atom stereocenters. The molecule has 3 heteroatoms. The molecule has 1 atom stereocenters. The molecule has 0 aliphatic heterocycles. The van der Waals surface area contributed by atoms with Gasteiger partial charge in [-0.1, -0.05) is 30.3 Å². The van der Waals surface area contributed by atoms with Gasteiger partial charge in [0, 0.05) is 6.04 Å². The van der Waals surface area contributed by atoms with Crippen molar-refractivity contribution < 1.29 is 9.13 Å². The molecule has 0 bridgehead atoms. The van der Waals surface area contributed by atoms with Gasteiger partial charge < -0.3 is 10.5 Å². The summed E-state index contributed by atoms with van der Waals surface area (Å²) < 4.78 is 18.3. The van der Waals surface area contributed by atoms with Crippen LogP contribution in [-0.2, 0) is 0 Å². The lowest BCUT2D eigenvalue weighted by Crippen LogP contribution is -2.04. The molecule has 0 saturated heterocycles. The van der Waals surface area contributed by atoms with E-state index in [1.54, 1.807) is 12.1 Å². The van der Waals surface area contributed by atoms with E-state index in [-0.39, 0.29) is 17.6 Å². The molecule has 0 radical (unpaired) electrons. The highest BCUT2D eigenvalue weighted by Crippen LogP contribution is 2.27. The Balaban J connectivity index is 2.36. The minimum absolute atomic E-state index is 0.0156. The summed E-state index contributed by atoms with van der Waals surface area (Å²) in [4.78, 5) is 0. The lowest BCUT2D eigenvalue weighted by atomic mass is 10.0. The quantitative estimate of drug-likeness (QED) is 0.898. The Labute approximate surface area is 106 Å². The van der Waals surface area contributed by atoms with Crippen LogP contribution < -0.4 is 10.5 Å². The molecule has 2 aromatic rings. The van der Waals surface area contributed by atoms with Crippen LogP contribution in [0.25, 0.3) is 11.1 Å². The van der Waals surface area contributed by atoms with Crippen molar-refractivity contribution in [2.24, 2.45) is 5.73 Å². The molecule has 18 heavy (non-hydrogen) atoms. The maximum Gasteiger partial charge on any atom is 0.165 e. The summed E-state index contributed by atoms with van der Waals surface area (Å²) in [5.74, 6) is -0.0998. The van der Waals surface area contributed by atoms with Crippen molar-refractivity contribution in [3.05, 3.63) is 53.8 Å². The van der Waals surface area contributed by atoms with Crippen LogP contribution in [0, 0.1) is 5.82 Å². The van der Waals surface area contributed by atoms with E-state index < -0.39 is 0 Å². The molecule has 2 N–H and O–H groups in total. The van der Waals surface area contributed by atoms with Gasteiger partial charge in [0.15, 0.2) is 11.6 Å². The summed E-state index contributed by atoms with van der Waals surface area (Å²) >= 11 is 0. The van der Waals surface area contributed by atoms with E-state index in [4.69, 9.17) is 10.5 Å². The monoisotopic (exact) mass is 245 g/mol. The molecule has 0 aromatic heterocycles. The van der Waals surface area contributed by atoms with E-state index in [2.05, 4.69) is 0 Å². The van der Waals surface area contributed by atoms with E-state index in [9.17, 15) is 4.39 Å². The summed E-state index contributed by atoms with van der Waals surface area (Å²) in [6.45, 7) is 1.94. The van der Waals surface area contributed by atoms with Crippen LogP contribution in [-0.4, -0.2) is 7.11 Å². The first-order valence-corrected chi connectivity index (χ1v) is 5.81. The Morgan fingerprint density at radius 1 is 1.06 bits per heavy atom. The van der Waals surface area contributed by atoms with Crippen LogP contribution >= 0.6 is 0 Å². The Morgan fingerprint density at radius 3 is 2.22 bits per heavy atom. The van der Waals surface area contributed by atoms with Crippen LogP contribution in [0.1, 0.15) is 18.5 Å². The fraction of sp³-hybridized carbons (Fsp3) is 0.200. The fourth-order valence-corrected chi connectivity index (χ4v) is 1.82. The molecule has 0 fully saturated rings. The predicted octanol–water partition coefficient (Wildman–Crippen LogP) is 3.52. The summed E-state index contributed by atoms with van der Waals surface area (Å²) in [6.07, 6.45) is 0. The molecule has 2 nitrogen and oxygen atoms in total. The van der Waals surface area contributed by atoms with Gasteiger partial charge in [-0.2, -0.15) is 0 Å². The zero-order valence-electron chi connectivity index (χ0n) is 10.5. The first-order chi connectivity index (χ1) is 8.61. The highest BCUT2D eigenvalue weighted by Gasteiger charge is 2.06. The molecule has 0 aliphatic carbocycles. The van der Waals surface area contributed by atoms with E-state index in [1.165, 1.54) is 13.2 Å². The van der Waals surface area contributed by atoms with Gasteiger partial charge in [-0.25, -0.2) is 4.39 Å². The second kappa shape index (κ2) is 5.19. The van der Waals surface area contributed by atoms with Gasteiger partial charge in [0.25, 0.3) is 0 Å². The lowest BCUT2D eigenvalue weighted by Gasteiger charge is -2.08. The van der Waals surface area contributed by atoms with Gasteiger partial charge in [-0.05, 0) is 35.7 Å². The first kappa shape index (κ1) is 12.6. The van der Waals surface area contributed by atoms with Gasteiger partial charge in [0.05, 0.1) is 7.11 Å². The van der Waals surface area contributed by atoms with E-state index in [1.807, 2.05) is 31.2 Å². The van der Waals surface area contributed by atoms with Crippen molar-refractivity contribution in [3.63, 3.8) is 0 Å². The van der Waals surface area contributed by atoms with Crippen LogP contribution in [0.4, 0.5) is 4.39 Å². The molecule has 0 aliphatic rings. The SMILES string of the molecule is COc1cc(-c2ccc(C(C)N)cc2)ccc1F. The van der Waals surface area contributed by atoms with Gasteiger partial charge >= 0.3 is 0 Å². The molecule has 0 heterocycles. The zero-order valence-corrected chi connectivity index (χ0v) is 10.5. The highest BCUT2D eigenvalue weighted by molar-refractivity contribution is 5.65. The number of benzene rings is 2. The average molecular weight is 245 g/mol. The average Bonchev–Trinajstić information content (AvgIpc) is 2.39. The number of ether oxygens (including phenoxy) is 1. The number of hydrogen-bond donors (Lipinski definition) is 1. The van der Waals surface area contributed by atoms with Gasteiger partial charge in [-0.15, -0.1) is 0 Å². The number of halogens is 1. The minimum atomic E-state index is -0.353. The van der Waals surface area contributed by atoms with E-state index in [0.29, 0.717) is 0 Å². The normalized spacial score (nSPS) is 12.2. The molecular weight excluding hydrogens is 229 g/mol. The molecule has 0 amide bonds. The van der Waals surface area contributed by atoms with E-state index in [0.717, 1.165) is 16.7 Å². The minimum Gasteiger partial charge on any atom is -0.494 e. The van der Waals surface area contributed by atoms with Gasteiger partial charge in [0.2, 0.25) is 0 Å². The largest absolute Gasteiger partial charge is 0.494 e. The van der Waals surface area contributed by atoms with E-state index >= 15 is 0 Å². The standard InChI is InChI=1S/C15H16FNO/c1-10(17)11-3-5-12(6-4-11)13-7-8-14(16)15(9-13)18-2/h3-10H,17H2,1-2H3. The maximum atomic E-state index is 13.3. The maximum absolute atomic E-state index is 13.3. The predicted molar refractivity (Wildman–Crippen MR) is 71.0 cm³/mol. The summed E-state index contributed by atoms with van der Waals surface area (Å²) in [6, 6.07) is 12.8. The van der Waals surface area contributed by atoms with Crippen molar-refractivity contribution in [1.29, 1.82) is 0 Å². The number of nitrogens with two attached hydrogens (primary N) is 1. The fourth-order valence-electron chi connectivity index (χ4n) is 1.82. The van der Waals surface area contributed by atoms with Crippen molar-refractivity contribution in [1.82, 2.24) is 0 Å². The van der Waals surface area contributed by atoms with Crippen LogP contribution in [0.3, 0.4) is 0 Å². The highest BCUT2D eigenvalue weighted by atomic mass is 19.1. The molecule has 2 rings (SSSR count). The zero-order chi connectivity index (χ0) is 13.1. The first-order valence-electron chi connectivity index (χ1n) is 5.81. The summed E-state index contributed by atoms with van der Waals surface area (Å²) in [7, 11) is 1.46. The second-order valence-corrected chi connectivity index (χ2v) is 4.26. The molecule has 94 valence electrons. The summed E-state index contributed by atoms with van der Waals surface area (Å²) in [5, 5.41) is 0. The number of methoxy groups -OCH3 is 1. The smallest absolute Gasteiger partial charge is 0.165 e. The Morgan fingerprint density at radius 2 is 1.67 bits per heavy atom. The Bertz CT molecular complexity index is 535. The molecular formula is C15H16FNO. The molecule has 2 aromatic carbocycles. The second-order valence-electron chi connectivity index (χ2n) is 4.26. The third-order valence-electron chi connectivity index (χ3n) is 2.92. The lowest BCUT2D eigenvalue weighted by molar-refractivity contribution is 0.387. The topological polar surface area (TPSA) is 35.2 Å². The molecule has 0 saturated carbocycles. The third kappa shape index (κ3) is 2.51. The van der Waals surface area contributed by atoms with Crippen LogP contribution in [0.15, 0.2) is 42.5 Å². The van der Waals surface area contributed by atoms with Gasteiger partial charge in [-0.3, -0.25) is 0 Å².